The van der Waals surface area contributed by atoms with Crippen molar-refractivity contribution in [1.82, 2.24) is 9.97 Å². The third-order valence-electron chi connectivity index (χ3n) is 2.33. The van der Waals surface area contributed by atoms with Crippen LogP contribution in [0.1, 0.15) is 5.56 Å². The normalized spacial score (nSPS) is 10.8. The first kappa shape index (κ1) is 11.1. The van der Waals surface area contributed by atoms with Crippen molar-refractivity contribution in [2.45, 2.75) is 6.92 Å². The minimum absolute atomic E-state index is 0.172. The Bertz CT molecular complexity index is 554. The highest BCUT2D eigenvalue weighted by molar-refractivity contribution is 6.28. The van der Waals surface area contributed by atoms with Gasteiger partial charge in [-0.05, 0) is 36.2 Å². The van der Waals surface area contributed by atoms with Gasteiger partial charge in [-0.3, -0.25) is 0 Å². The van der Waals surface area contributed by atoms with Crippen molar-refractivity contribution >= 4 is 28.3 Å². The zero-order chi connectivity index (χ0) is 11.9. The van der Waals surface area contributed by atoms with E-state index >= 15 is 0 Å². The zero-order valence-electron chi connectivity index (χ0n) is 9.25. The van der Waals surface area contributed by atoms with Gasteiger partial charge in [-0.25, -0.2) is 9.37 Å². The molecular formula is C11H11ClFN3. The summed E-state index contributed by atoms with van der Waals surface area (Å²) in [5.74, 6) is 0.330. The molecule has 0 aliphatic heterocycles. The van der Waals surface area contributed by atoms with Gasteiger partial charge in [0.1, 0.15) is 11.6 Å². The minimum Gasteiger partial charge on any atom is -0.362 e. The first-order valence-electron chi connectivity index (χ1n) is 4.80. The number of rotatable bonds is 1. The predicted molar refractivity (Wildman–Crippen MR) is 63.6 cm³/mol. The van der Waals surface area contributed by atoms with Gasteiger partial charge in [-0.15, -0.1) is 0 Å². The molecule has 0 unspecified atom stereocenters. The first-order chi connectivity index (χ1) is 7.49. The van der Waals surface area contributed by atoms with Crippen LogP contribution in [-0.2, 0) is 0 Å². The Hall–Kier alpha value is -1.42. The molecule has 1 aromatic heterocycles. The lowest BCUT2D eigenvalue weighted by molar-refractivity contribution is 0.628. The Morgan fingerprint density at radius 1 is 1.25 bits per heavy atom. The number of fused-ring (bicyclic) bond motifs is 1. The van der Waals surface area contributed by atoms with Crippen molar-refractivity contribution in [3.05, 3.63) is 28.8 Å². The van der Waals surface area contributed by atoms with Crippen molar-refractivity contribution in [2.75, 3.05) is 19.0 Å². The number of aromatic nitrogens is 2. The molecule has 16 heavy (non-hydrogen) atoms. The van der Waals surface area contributed by atoms with E-state index in [4.69, 9.17) is 11.6 Å². The predicted octanol–water partition coefficient (Wildman–Crippen LogP) is 2.80. The molecule has 5 heteroatoms. The summed E-state index contributed by atoms with van der Waals surface area (Å²) in [6.07, 6.45) is 0. The van der Waals surface area contributed by atoms with Gasteiger partial charge in [0.25, 0.3) is 0 Å². The van der Waals surface area contributed by atoms with Gasteiger partial charge >= 0.3 is 0 Å². The van der Waals surface area contributed by atoms with Crippen LogP contribution >= 0.6 is 11.6 Å². The standard InChI is InChI=1S/C11H11ClFN3/c1-6-4-7(13)5-8-9(6)14-11(12)15-10(8)16(2)3/h4-5H,1-3H3. The number of nitrogens with zero attached hydrogens (tertiary/aromatic N) is 3. The fourth-order valence-corrected chi connectivity index (χ4v) is 1.82. The lowest BCUT2D eigenvalue weighted by Gasteiger charge is -2.14. The number of hydrogen-bond donors (Lipinski definition) is 0. The maximum absolute atomic E-state index is 13.3. The number of aryl methyl sites for hydroxylation is 1. The molecule has 0 aliphatic rings. The Balaban J connectivity index is 2.89. The second kappa shape index (κ2) is 3.87. The first-order valence-corrected chi connectivity index (χ1v) is 5.17. The average Bonchev–Trinajstić information content (AvgIpc) is 2.18. The summed E-state index contributed by atoms with van der Waals surface area (Å²) < 4.78 is 13.3. The van der Waals surface area contributed by atoms with Crippen LogP contribution in [0.2, 0.25) is 5.28 Å². The van der Waals surface area contributed by atoms with Crippen molar-refractivity contribution in [3.8, 4) is 0 Å². The van der Waals surface area contributed by atoms with Crippen LogP contribution in [0.3, 0.4) is 0 Å². The van der Waals surface area contributed by atoms with Crippen LogP contribution in [0.15, 0.2) is 12.1 Å². The van der Waals surface area contributed by atoms with Crippen LogP contribution in [-0.4, -0.2) is 24.1 Å². The van der Waals surface area contributed by atoms with Crippen LogP contribution in [0, 0.1) is 12.7 Å². The quantitative estimate of drug-likeness (QED) is 0.717. The number of hydrogen-bond acceptors (Lipinski definition) is 3. The van der Waals surface area contributed by atoms with Gasteiger partial charge in [-0.2, -0.15) is 4.98 Å². The summed E-state index contributed by atoms with van der Waals surface area (Å²) in [6, 6.07) is 2.86. The van der Waals surface area contributed by atoms with Gasteiger partial charge in [-0.1, -0.05) is 0 Å². The van der Waals surface area contributed by atoms with E-state index in [1.54, 1.807) is 11.8 Å². The topological polar surface area (TPSA) is 29.0 Å². The molecular weight excluding hydrogens is 229 g/mol. The van der Waals surface area contributed by atoms with Crippen molar-refractivity contribution in [3.63, 3.8) is 0 Å². The van der Waals surface area contributed by atoms with Crippen LogP contribution in [0.4, 0.5) is 10.2 Å². The van der Waals surface area contributed by atoms with E-state index in [1.807, 2.05) is 14.1 Å². The summed E-state index contributed by atoms with van der Waals surface area (Å²) in [5.41, 5.74) is 1.44. The molecule has 3 nitrogen and oxygen atoms in total. The Morgan fingerprint density at radius 3 is 2.56 bits per heavy atom. The third-order valence-corrected chi connectivity index (χ3v) is 2.50. The second-order valence-electron chi connectivity index (χ2n) is 3.83. The second-order valence-corrected chi connectivity index (χ2v) is 4.17. The average molecular weight is 240 g/mol. The molecule has 2 aromatic rings. The Kier molecular flexibility index (Phi) is 2.68. The van der Waals surface area contributed by atoms with Crippen LogP contribution in [0.5, 0.6) is 0 Å². The van der Waals surface area contributed by atoms with E-state index in [-0.39, 0.29) is 11.1 Å². The smallest absolute Gasteiger partial charge is 0.224 e. The summed E-state index contributed by atoms with van der Waals surface area (Å²) in [5, 5.41) is 0.845. The molecule has 0 amide bonds. The van der Waals surface area contributed by atoms with E-state index in [1.165, 1.54) is 12.1 Å². The summed E-state index contributed by atoms with van der Waals surface area (Å²) in [7, 11) is 3.66. The minimum atomic E-state index is -0.293. The van der Waals surface area contributed by atoms with Gasteiger partial charge < -0.3 is 4.90 Å². The Labute approximate surface area is 97.9 Å². The van der Waals surface area contributed by atoms with Crippen molar-refractivity contribution in [1.29, 1.82) is 0 Å². The van der Waals surface area contributed by atoms with Crippen molar-refractivity contribution < 1.29 is 4.39 Å². The van der Waals surface area contributed by atoms with E-state index in [0.29, 0.717) is 16.7 Å². The number of benzene rings is 1. The molecule has 1 heterocycles. The van der Waals surface area contributed by atoms with Gasteiger partial charge in [0.05, 0.1) is 5.52 Å². The molecule has 0 bridgehead atoms. The van der Waals surface area contributed by atoms with E-state index in [0.717, 1.165) is 5.56 Å². The highest BCUT2D eigenvalue weighted by Crippen LogP contribution is 2.27. The molecule has 0 spiro atoms. The SMILES string of the molecule is Cc1cc(F)cc2c(N(C)C)nc(Cl)nc12. The third kappa shape index (κ3) is 1.80. The maximum Gasteiger partial charge on any atom is 0.224 e. The Morgan fingerprint density at radius 2 is 1.94 bits per heavy atom. The number of halogens is 2. The molecule has 0 N–H and O–H groups in total. The van der Waals surface area contributed by atoms with Gasteiger partial charge in [0.15, 0.2) is 0 Å². The molecule has 0 fully saturated rings. The van der Waals surface area contributed by atoms with Crippen molar-refractivity contribution in [2.24, 2.45) is 0 Å². The molecule has 2 rings (SSSR count). The summed E-state index contributed by atoms with van der Waals surface area (Å²) in [6.45, 7) is 1.80. The fraction of sp³-hybridized carbons (Fsp3) is 0.273. The fourth-order valence-electron chi connectivity index (χ4n) is 1.66. The maximum atomic E-state index is 13.3. The molecule has 0 atom stereocenters. The molecule has 0 saturated carbocycles. The van der Waals surface area contributed by atoms with E-state index in [2.05, 4.69) is 9.97 Å². The largest absolute Gasteiger partial charge is 0.362 e. The van der Waals surface area contributed by atoms with E-state index < -0.39 is 0 Å². The highest BCUT2D eigenvalue weighted by atomic mass is 35.5. The summed E-state index contributed by atoms with van der Waals surface area (Å²) in [4.78, 5) is 10.0. The lowest BCUT2D eigenvalue weighted by atomic mass is 10.1. The molecule has 0 aliphatic carbocycles. The highest BCUT2D eigenvalue weighted by Gasteiger charge is 2.11. The van der Waals surface area contributed by atoms with Crippen LogP contribution in [0.25, 0.3) is 10.9 Å². The van der Waals surface area contributed by atoms with Gasteiger partial charge in [0.2, 0.25) is 5.28 Å². The lowest BCUT2D eigenvalue weighted by Crippen LogP contribution is -2.12. The molecule has 84 valence electrons. The monoisotopic (exact) mass is 239 g/mol. The zero-order valence-corrected chi connectivity index (χ0v) is 10.0. The van der Waals surface area contributed by atoms with Crippen LogP contribution < -0.4 is 4.90 Å². The number of anilines is 1. The van der Waals surface area contributed by atoms with E-state index in [9.17, 15) is 4.39 Å². The molecule has 1 aromatic carbocycles. The summed E-state index contributed by atoms with van der Waals surface area (Å²) >= 11 is 5.84. The molecule has 0 radical (unpaired) electrons. The molecule has 0 saturated heterocycles. The van der Waals surface area contributed by atoms with Gasteiger partial charge in [0, 0.05) is 19.5 Å².